The van der Waals surface area contributed by atoms with Crippen molar-refractivity contribution in [3.63, 3.8) is 0 Å². The minimum atomic E-state index is -0.724. The van der Waals surface area contributed by atoms with E-state index in [1.54, 1.807) is 0 Å². The van der Waals surface area contributed by atoms with Crippen molar-refractivity contribution in [2.45, 2.75) is 24.0 Å². The first-order valence-electron chi connectivity index (χ1n) is 2.46. The lowest BCUT2D eigenvalue weighted by molar-refractivity contribution is 1.39. The van der Waals surface area contributed by atoms with Crippen LogP contribution in [-0.4, -0.2) is 13.3 Å². The lowest BCUT2D eigenvalue weighted by atomic mass is 11.0. The molecule has 3 heteroatoms. The second-order valence-electron chi connectivity index (χ2n) is 1.72. The SMILES string of the molecule is CC[SiH](C)C(Cl)Cl. The zero-order valence-electron chi connectivity index (χ0n) is 4.62. The van der Waals surface area contributed by atoms with Crippen LogP contribution in [0.4, 0.5) is 0 Å². The highest BCUT2D eigenvalue weighted by Crippen LogP contribution is 2.08. The van der Waals surface area contributed by atoms with E-state index in [1.807, 2.05) is 0 Å². The molecular weight excluding hydrogens is 147 g/mol. The average molecular weight is 157 g/mol. The van der Waals surface area contributed by atoms with E-state index in [4.69, 9.17) is 23.2 Å². The Morgan fingerprint density at radius 2 is 2.00 bits per heavy atom. The zero-order valence-corrected chi connectivity index (χ0v) is 7.28. The third kappa shape index (κ3) is 3.39. The van der Waals surface area contributed by atoms with Gasteiger partial charge in [0.15, 0.2) is 0 Å². The Morgan fingerprint density at radius 1 is 1.57 bits per heavy atom. The maximum absolute atomic E-state index is 5.56. The fourth-order valence-corrected chi connectivity index (χ4v) is 1.60. The zero-order chi connectivity index (χ0) is 5.86. The standard InChI is InChI=1S/C4H10Cl2Si/c1-3-7(2)4(5)6/h4,7H,3H2,1-2H3. The number of alkyl halides is 2. The van der Waals surface area contributed by atoms with E-state index in [1.165, 1.54) is 6.04 Å². The van der Waals surface area contributed by atoms with Gasteiger partial charge in [-0.1, -0.05) is 19.5 Å². The van der Waals surface area contributed by atoms with E-state index in [0.29, 0.717) is 0 Å². The molecule has 0 aromatic heterocycles. The maximum atomic E-state index is 5.56. The van der Waals surface area contributed by atoms with E-state index in [-0.39, 0.29) is 4.46 Å². The molecule has 0 nitrogen and oxygen atoms in total. The largest absolute Gasteiger partial charge is 0.110 e. The van der Waals surface area contributed by atoms with Gasteiger partial charge in [-0.3, -0.25) is 0 Å². The summed E-state index contributed by atoms with van der Waals surface area (Å²) in [6.07, 6.45) is 0. The predicted molar refractivity (Wildman–Crippen MR) is 39.0 cm³/mol. The quantitative estimate of drug-likeness (QED) is 0.425. The summed E-state index contributed by atoms with van der Waals surface area (Å²) in [4.78, 5) is 0. The molecule has 0 radical (unpaired) electrons. The van der Waals surface area contributed by atoms with Gasteiger partial charge < -0.3 is 0 Å². The van der Waals surface area contributed by atoms with Crippen molar-refractivity contribution in [1.82, 2.24) is 0 Å². The molecule has 0 amide bonds. The summed E-state index contributed by atoms with van der Waals surface area (Å²) >= 11 is 11.1. The van der Waals surface area contributed by atoms with Crippen LogP contribution in [0.15, 0.2) is 0 Å². The molecule has 0 aliphatic heterocycles. The number of halogens is 2. The molecule has 0 heterocycles. The van der Waals surface area contributed by atoms with Crippen LogP contribution in [0.2, 0.25) is 12.6 Å². The molecule has 0 aliphatic rings. The fourth-order valence-electron chi connectivity index (χ4n) is 0.178. The molecule has 0 fully saturated rings. The van der Waals surface area contributed by atoms with E-state index in [2.05, 4.69) is 13.5 Å². The first-order valence-corrected chi connectivity index (χ1v) is 5.97. The van der Waals surface area contributed by atoms with Crippen molar-refractivity contribution in [3.8, 4) is 0 Å². The van der Waals surface area contributed by atoms with E-state index < -0.39 is 8.80 Å². The molecule has 0 saturated carbocycles. The lowest BCUT2D eigenvalue weighted by Gasteiger charge is -2.03. The number of rotatable bonds is 2. The highest BCUT2D eigenvalue weighted by atomic mass is 35.5. The molecule has 0 spiro atoms. The minimum absolute atomic E-state index is 0.0509. The Bertz CT molecular complexity index is 47.0. The minimum Gasteiger partial charge on any atom is -0.110 e. The van der Waals surface area contributed by atoms with Crippen molar-refractivity contribution in [3.05, 3.63) is 0 Å². The Morgan fingerprint density at radius 3 is 2.00 bits per heavy atom. The van der Waals surface area contributed by atoms with Gasteiger partial charge in [-0.05, 0) is 0 Å². The molecule has 0 aromatic carbocycles. The summed E-state index contributed by atoms with van der Waals surface area (Å²) in [5.74, 6) is 0. The first-order chi connectivity index (χ1) is 3.18. The third-order valence-electron chi connectivity index (χ3n) is 1.07. The van der Waals surface area contributed by atoms with Gasteiger partial charge in [-0.2, -0.15) is 0 Å². The van der Waals surface area contributed by atoms with Gasteiger partial charge >= 0.3 is 0 Å². The monoisotopic (exact) mass is 156 g/mol. The average Bonchev–Trinajstić information content (AvgIpc) is 1.65. The number of hydrogen-bond acceptors (Lipinski definition) is 0. The molecule has 44 valence electrons. The van der Waals surface area contributed by atoms with Crippen LogP contribution >= 0.6 is 23.2 Å². The predicted octanol–water partition coefficient (Wildman–Crippen LogP) is 2.21. The fraction of sp³-hybridized carbons (Fsp3) is 1.00. The Kier molecular flexibility index (Phi) is 4.18. The van der Waals surface area contributed by atoms with Crippen LogP contribution in [0.5, 0.6) is 0 Å². The van der Waals surface area contributed by atoms with Gasteiger partial charge in [0.1, 0.15) is 0 Å². The van der Waals surface area contributed by atoms with Crippen LogP contribution in [0.25, 0.3) is 0 Å². The molecule has 1 unspecified atom stereocenters. The summed E-state index contributed by atoms with van der Waals surface area (Å²) in [5.41, 5.74) is 0. The molecule has 0 N–H and O–H groups in total. The molecule has 0 aromatic rings. The third-order valence-corrected chi connectivity index (χ3v) is 5.80. The molecule has 0 saturated heterocycles. The van der Waals surface area contributed by atoms with Crippen molar-refractivity contribution >= 4 is 32.0 Å². The van der Waals surface area contributed by atoms with E-state index >= 15 is 0 Å². The van der Waals surface area contributed by atoms with Crippen LogP contribution in [0, 0.1) is 0 Å². The van der Waals surface area contributed by atoms with Crippen molar-refractivity contribution in [2.75, 3.05) is 0 Å². The maximum Gasteiger partial charge on any atom is 0.0939 e. The molecule has 0 rings (SSSR count). The van der Waals surface area contributed by atoms with E-state index in [0.717, 1.165) is 0 Å². The van der Waals surface area contributed by atoms with Crippen LogP contribution in [0.3, 0.4) is 0 Å². The second-order valence-corrected chi connectivity index (χ2v) is 7.17. The summed E-state index contributed by atoms with van der Waals surface area (Å²) < 4.78 is -0.0509. The summed E-state index contributed by atoms with van der Waals surface area (Å²) in [5, 5.41) is 0. The topological polar surface area (TPSA) is 0 Å². The molecular formula is C4H10Cl2Si. The van der Waals surface area contributed by atoms with E-state index in [9.17, 15) is 0 Å². The molecule has 1 atom stereocenters. The Labute approximate surface area is 56.4 Å². The molecule has 0 bridgehead atoms. The van der Waals surface area contributed by atoms with Gasteiger partial charge in [0.25, 0.3) is 0 Å². The molecule has 7 heavy (non-hydrogen) atoms. The van der Waals surface area contributed by atoms with Crippen molar-refractivity contribution < 1.29 is 0 Å². The summed E-state index contributed by atoms with van der Waals surface area (Å²) in [6.45, 7) is 4.30. The smallest absolute Gasteiger partial charge is 0.0939 e. The molecule has 0 aliphatic carbocycles. The lowest BCUT2D eigenvalue weighted by Crippen LogP contribution is -2.14. The van der Waals surface area contributed by atoms with Gasteiger partial charge in [-0.25, -0.2) is 0 Å². The van der Waals surface area contributed by atoms with Crippen molar-refractivity contribution in [1.29, 1.82) is 0 Å². The Hall–Kier alpha value is 0.797. The Balaban J connectivity index is 3.14. The normalized spacial score (nSPS) is 15.0. The van der Waals surface area contributed by atoms with Crippen LogP contribution in [0.1, 0.15) is 6.92 Å². The van der Waals surface area contributed by atoms with Gasteiger partial charge in [-0.15, -0.1) is 23.2 Å². The highest BCUT2D eigenvalue weighted by molar-refractivity contribution is 6.79. The van der Waals surface area contributed by atoms with Gasteiger partial charge in [0.05, 0.1) is 13.3 Å². The number of hydrogen-bond donors (Lipinski definition) is 0. The van der Waals surface area contributed by atoms with Crippen LogP contribution in [-0.2, 0) is 0 Å². The van der Waals surface area contributed by atoms with Gasteiger partial charge in [0, 0.05) is 0 Å². The first kappa shape index (κ1) is 7.80. The summed E-state index contributed by atoms with van der Waals surface area (Å²) in [6, 6.07) is 1.19. The highest BCUT2D eigenvalue weighted by Gasteiger charge is 2.08. The van der Waals surface area contributed by atoms with Crippen molar-refractivity contribution in [2.24, 2.45) is 0 Å². The summed E-state index contributed by atoms with van der Waals surface area (Å²) in [7, 11) is -0.724. The second kappa shape index (κ2) is 3.76. The van der Waals surface area contributed by atoms with Gasteiger partial charge in [0.2, 0.25) is 0 Å². The van der Waals surface area contributed by atoms with Crippen LogP contribution < -0.4 is 0 Å².